The Morgan fingerprint density at radius 1 is 0.857 bits per heavy atom. The number of hydrogen-bond donors (Lipinski definition) is 0. The quantitative estimate of drug-likeness (QED) is 0.632. The van der Waals surface area contributed by atoms with Gasteiger partial charge in [0, 0.05) is 0 Å². The standard InChI is InChI=1S/C6H4F8/c7-2-1-4(8,6(12,13)14)3-5(9,10)11/h1-2H,3H2. The summed E-state index contributed by atoms with van der Waals surface area (Å²) in [5.41, 5.74) is -4.71. The first-order chi connectivity index (χ1) is 6.02. The first kappa shape index (κ1) is 13.2. The van der Waals surface area contributed by atoms with Crippen LogP contribution in [-0.4, -0.2) is 18.0 Å². The van der Waals surface area contributed by atoms with Gasteiger partial charge in [0.2, 0.25) is 5.67 Å². The molecule has 0 heterocycles. The molecule has 0 nitrogen and oxygen atoms in total. The van der Waals surface area contributed by atoms with Crippen LogP contribution in [0.4, 0.5) is 35.1 Å². The lowest BCUT2D eigenvalue weighted by Gasteiger charge is -2.25. The Morgan fingerprint density at radius 3 is 1.50 bits per heavy atom. The molecule has 0 aromatic carbocycles. The molecule has 0 aromatic rings. The van der Waals surface area contributed by atoms with E-state index < -0.39 is 36.8 Å². The highest BCUT2D eigenvalue weighted by Gasteiger charge is 2.59. The summed E-state index contributed by atoms with van der Waals surface area (Å²) in [6.07, 6.45) is -15.7. The van der Waals surface area contributed by atoms with Crippen molar-refractivity contribution < 1.29 is 35.1 Å². The third-order valence-electron chi connectivity index (χ3n) is 1.26. The number of alkyl halides is 7. The van der Waals surface area contributed by atoms with Gasteiger partial charge in [0.15, 0.2) is 0 Å². The van der Waals surface area contributed by atoms with Crippen LogP contribution in [0.25, 0.3) is 0 Å². The lowest BCUT2D eigenvalue weighted by Crippen LogP contribution is -2.42. The Balaban J connectivity index is 4.93. The van der Waals surface area contributed by atoms with Crippen molar-refractivity contribution in [1.29, 1.82) is 0 Å². The monoisotopic (exact) mass is 228 g/mol. The van der Waals surface area contributed by atoms with Gasteiger partial charge < -0.3 is 0 Å². The minimum absolute atomic E-state index is 0.805. The van der Waals surface area contributed by atoms with Crippen molar-refractivity contribution in [2.24, 2.45) is 0 Å². The van der Waals surface area contributed by atoms with Gasteiger partial charge in [0.25, 0.3) is 0 Å². The van der Waals surface area contributed by atoms with Crippen LogP contribution in [0.3, 0.4) is 0 Å². The van der Waals surface area contributed by atoms with Crippen LogP contribution in [0.15, 0.2) is 12.4 Å². The average molecular weight is 228 g/mol. The van der Waals surface area contributed by atoms with Gasteiger partial charge in [0.05, 0.1) is 12.8 Å². The predicted octanol–water partition coefficient (Wildman–Crippen LogP) is 3.69. The van der Waals surface area contributed by atoms with Crippen molar-refractivity contribution in [1.82, 2.24) is 0 Å². The maximum absolute atomic E-state index is 12.6. The van der Waals surface area contributed by atoms with E-state index in [0.29, 0.717) is 0 Å². The van der Waals surface area contributed by atoms with Crippen LogP contribution in [0, 0.1) is 0 Å². The van der Waals surface area contributed by atoms with Gasteiger partial charge in [-0.2, -0.15) is 26.3 Å². The van der Waals surface area contributed by atoms with E-state index >= 15 is 0 Å². The third-order valence-corrected chi connectivity index (χ3v) is 1.26. The zero-order valence-electron chi connectivity index (χ0n) is 6.39. The third kappa shape index (κ3) is 3.51. The molecule has 1 atom stereocenters. The summed E-state index contributed by atoms with van der Waals surface area (Å²) in [4.78, 5) is 0. The maximum Gasteiger partial charge on any atom is 0.426 e. The summed E-state index contributed by atoms with van der Waals surface area (Å²) in [6.45, 7) is 0. The van der Waals surface area contributed by atoms with Crippen molar-refractivity contribution in [2.75, 3.05) is 0 Å². The first-order valence-corrected chi connectivity index (χ1v) is 3.12. The molecule has 0 N–H and O–H groups in total. The summed E-state index contributed by atoms with van der Waals surface area (Å²) in [5, 5.41) is 0. The zero-order chi connectivity index (χ0) is 11.6. The van der Waals surface area contributed by atoms with Gasteiger partial charge in [-0.25, -0.2) is 8.78 Å². The largest absolute Gasteiger partial charge is 0.426 e. The fourth-order valence-electron chi connectivity index (χ4n) is 0.645. The summed E-state index contributed by atoms with van der Waals surface area (Å²) in [6, 6.07) is 0. The van der Waals surface area contributed by atoms with E-state index in [1.807, 2.05) is 0 Å². The van der Waals surface area contributed by atoms with E-state index in [2.05, 4.69) is 0 Å². The molecule has 1 unspecified atom stereocenters. The number of allylic oxidation sites excluding steroid dienone is 1. The molecule has 84 valence electrons. The molecular weight excluding hydrogens is 224 g/mol. The molecular formula is C6H4F8. The topological polar surface area (TPSA) is 0 Å². The molecule has 0 saturated heterocycles. The van der Waals surface area contributed by atoms with Crippen molar-refractivity contribution in [3.63, 3.8) is 0 Å². The summed E-state index contributed by atoms with van der Waals surface area (Å²) in [5.74, 6) is 0. The second-order valence-corrected chi connectivity index (χ2v) is 2.44. The minimum atomic E-state index is -5.80. The number of rotatable bonds is 2. The van der Waals surface area contributed by atoms with Gasteiger partial charge in [-0.15, -0.1) is 0 Å². The Hall–Kier alpha value is -0.820. The molecule has 0 aliphatic rings. The second-order valence-electron chi connectivity index (χ2n) is 2.44. The molecule has 14 heavy (non-hydrogen) atoms. The Kier molecular flexibility index (Phi) is 3.52. The van der Waals surface area contributed by atoms with Crippen molar-refractivity contribution >= 4 is 0 Å². The molecule has 0 rings (SSSR count). The van der Waals surface area contributed by atoms with Gasteiger partial charge in [-0.05, 0) is 6.08 Å². The van der Waals surface area contributed by atoms with Crippen LogP contribution in [-0.2, 0) is 0 Å². The Labute approximate surface area is 73.2 Å². The predicted molar refractivity (Wildman–Crippen MR) is 30.8 cm³/mol. The lowest BCUT2D eigenvalue weighted by atomic mass is 10.0. The van der Waals surface area contributed by atoms with Crippen LogP contribution < -0.4 is 0 Å². The molecule has 0 aromatic heterocycles. The second kappa shape index (κ2) is 3.74. The molecule has 0 bridgehead atoms. The average Bonchev–Trinajstić information content (AvgIpc) is 1.79. The van der Waals surface area contributed by atoms with Crippen molar-refractivity contribution in [2.45, 2.75) is 24.4 Å². The van der Waals surface area contributed by atoms with Gasteiger partial charge in [-0.3, -0.25) is 0 Å². The molecule has 0 amide bonds. The highest BCUT2D eigenvalue weighted by atomic mass is 19.4. The summed E-state index contributed by atoms with van der Waals surface area (Å²) >= 11 is 0. The van der Waals surface area contributed by atoms with E-state index in [1.54, 1.807) is 0 Å². The molecule has 0 saturated carbocycles. The van der Waals surface area contributed by atoms with Gasteiger partial charge in [0.1, 0.15) is 0 Å². The Morgan fingerprint density at radius 2 is 1.29 bits per heavy atom. The lowest BCUT2D eigenvalue weighted by molar-refractivity contribution is -0.251. The van der Waals surface area contributed by atoms with E-state index in [4.69, 9.17) is 0 Å². The molecule has 0 radical (unpaired) electrons. The van der Waals surface area contributed by atoms with Crippen LogP contribution >= 0.6 is 0 Å². The van der Waals surface area contributed by atoms with E-state index in [9.17, 15) is 35.1 Å². The number of hydrogen-bond acceptors (Lipinski definition) is 0. The van der Waals surface area contributed by atoms with Crippen molar-refractivity contribution in [3.05, 3.63) is 12.4 Å². The summed E-state index contributed by atoms with van der Waals surface area (Å²) < 4.78 is 93.6. The SMILES string of the molecule is FC=CC(F)(CC(F)(F)F)C(F)(F)F. The van der Waals surface area contributed by atoms with Crippen molar-refractivity contribution in [3.8, 4) is 0 Å². The van der Waals surface area contributed by atoms with Crippen LogP contribution in [0.1, 0.15) is 6.42 Å². The Bertz CT molecular complexity index is 211. The summed E-state index contributed by atoms with van der Waals surface area (Å²) in [7, 11) is 0. The minimum Gasteiger partial charge on any atom is -0.229 e. The fourth-order valence-corrected chi connectivity index (χ4v) is 0.645. The van der Waals surface area contributed by atoms with Crippen LogP contribution in [0.5, 0.6) is 0 Å². The fraction of sp³-hybridized carbons (Fsp3) is 0.667. The molecule has 0 aliphatic heterocycles. The zero-order valence-corrected chi connectivity index (χ0v) is 6.39. The molecule has 0 spiro atoms. The van der Waals surface area contributed by atoms with E-state index in [1.165, 1.54) is 0 Å². The molecule has 0 aliphatic carbocycles. The normalized spacial score (nSPS) is 18.6. The van der Waals surface area contributed by atoms with Gasteiger partial charge >= 0.3 is 12.4 Å². The first-order valence-electron chi connectivity index (χ1n) is 3.12. The van der Waals surface area contributed by atoms with E-state index in [-0.39, 0.29) is 0 Å². The van der Waals surface area contributed by atoms with E-state index in [0.717, 1.165) is 0 Å². The highest BCUT2D eigenvalue weighted by Crippen LogP contribution is 2.43. The van der Waals surface area contributed by atoms with Crippen LogP contribution in [0.2, 0.25) is 0 Å². The smallest absolute Gasteiger partial charge is 0.229 e. The molecule has 0 fully saturated rings. The maximum atomic E-state index is 12.6. The number of halogens is 8. The molecule has 8 heteroatoms. The van der Waals surface area contributed by atoms with Gasteiger partial charge in [-0.1, -0.05) is 0 Å². The highest BCUT2D eigenvalue weighted by molar-refractivity contribution is 5.05.